The highest BCUT2D eigenvalue weighted by Crippen LogP contribution is 2.25. The van der Waals surface area contributed by atoms with Gasteiger partial charge < -0.3 is 0 Å². The lowest BCUT2D eigenvalue weighted by Crippen LogP contribution is -2.14. The summed E-state index contributed by atoms with van der Waals surface area (Å²) in [7, 11) is -4.05. The van der Waals surface area contributed by atoms with Crippen LogP contribution in [0.5, 0.6) is 0 Å². The highest BCUT2D eigenvalue weighted by molar-refractivity contribution is 7.93. The van der Waals surface area contributed by atoms with Crippen LogP contribution >= 0.6 is 23.1 Å². The van der Waals surface area contributed by atoms with E-state index < -0.39 is 20.7 Å². The molecule has 0 aliphatic heterocycles. The molecule has 1 N–H and O–H groups in total. The normalized spacial score (nSPS) is 11.5. The van der Waals surface area contributed by atoms with Crippen molar-refractivity contribution in [2.45, 2.75) is 11.8 Å². The molecule has 9 heteroatoms. The fourth-order valence-corrected chi connectivity index (χ4v) is 3.20. The Balaban J connectivity index is 2.44. The molecule has 0 amide bonds. The number of anilines is 1. The van der Waals surface area contributed by atoms with E-state index in [0.29, 0.717) is 5.56 Å². The molecule has 0 atom stereocenters. The van der Waals surface area contributed by atoms with E-state index in [4.69, 9.17) is 11.6 Å². The van der Waals surface area contributed by atoms with Crippen molar-refractivity contribution in [3.63, 3.8) is 0 Å². The molecule has 1 aromatic carbocycles. The van der Waals surface area contributed by atoms with Crippen LogP contribution in [0, 0.1) is 12.7 Å². The van der Waals surface area contributed by atoms with Gasteiger partial charge in [0.05, 0.1) is 0 Å². The molecule has 0 aliphatic carbocycles. The Kier molecular flexibility index (Phi) is 3.51. The van der Waals surface area contributed by atoms with E-state index in [2.05, 4.69) is 14.1 Å². The van der Waals surface area contributed by atoms with Crippen LogP contribution in [0.1, 0.15) is 5.56 Å². The number of hydrogen-bond acceptors (Lipinski definition) is 5. The highest BCUT2D eigenvalue weighted by atomic mass is 35.5. The second-order valence-electron chi connectivity index (χ2n) is 3.38. The van der Waals surface area contributed by atoms with Crippen molar-refractivity contribution in [2.75, 3.05) is 4.72 Å². The number of nitrogens with one attached hydrogen (secondary N) is 1. The summed E-state index contributed by atoms with van der Waals surface area (Å²) in [6.45, 7) is 1.58. The number of sulfonamides is 1. The number of benzene rings is 1. The summed E-state index contributed by atoms with van der Waals surface area (Å²) in [6.07, 6.45) is 1.20. The van der Waals surface area contributed by atoms with Crippen LogP contribution in [0.4, 0.5) is 9.52 Å². The highest BCUT2D eigenvalue weighted by Gasteiger charge is 2.21. The molecule has 18 heavy (non-hydrogen) atoms. The van der Waals surface area contributed by atoms with Crippen LogP contribution < -0.4 is 4.72 Å². The molecule has 0 fully saturated rings. The molecule has 5 nitrogen and oxygen atoms in total. The Labute approximate surface area is 112 Å². The standard InChI is InChI=1S/C9H7ClFN3O2S2/c1-5-2-7(11)8(3-6(5)10)18(15,16)14-9-12-4-13-17-9/h2-4H,1H3,(H,12,13,14). The molecule has 0 bridgehead atoms. The number of halogens is 2. The van der Waals surface area contributed by atoms with Gasteiger partial charge in [-0.3, -0.25) is 4.72 Å². The van der Waals surface area contributed by atoms with E-state index in [1.165, 1.54) is 6.33 Å². The van der Waals surface area contributed by atoms with Gasteiger partial charge in [0.25, 0.3) is 10.0 Å². The van der Waals surface area contributed by atoms with Crippen molar-refractivity contribution in [1.82, 2.24) is 9.36 Å². The lowest BCUT2D eigenvalue weighted by Gasteiger charge is -2.07. The molecule has 0 unspecified atom stereocenters. The van der Waals surface area contributed by atoms with Crippen molar-refractivity contribution in [3.05, 3.63) is 34.9 Å². The van der Waals surface area contributed by atoms with Crippen LogP contribution in [0.2, 0.25) is 5.02 Å². The van der Waals surface area contributed by atoms with Gasteiger partial charge in [0, 0.05) is 16.6 Å². The molecule has 1 aromatic heterocycles. The topological polar surface area (TPSA) is 72.0 Å². The largest absolute Gasteiger partial charge is 0.266 e. The second-order valence-corrected chi connectivity index (χ2v) is 6.22. The number of rotatable bonds is 3. The Hall–Kier alpha value is -1.25. The predicted molar refractivity (Wildman–Crippen MR) is 66.9 cm³/mol. The predicted octanol–water partition coefficient (Wildman–Crippen LogP) is 2.44. The Bertz CT molecular complexity index is 673. The number of hydrogen-bond donors (Lipinski definition) is 1. The first kappa shape index (κ1) is 13.2. The maximum absolute atomic E-state index is 13.6. The average Bonchev–Trinajstić information content (AvgIpc) is 2.75. The van der Waals surface area contributed by atoms with Crippen LogP contribution in [-0.2, 0) is 10.0 Å². The van der Waals surface area contributed by atoms with Crippen LogP contribution in [0.3, 0.4) is 0 Å². The molecule has 0 saturated carbocycles. The molecule has 2 aromatic rings. The van der Waals surface area contributed by atoms with Gasteiger partial charge in [0.15, 0.2) is 0 Å². The van der Waals surface area contributed by atoms with E-state index >= 15 is 0 Å². The first-order chi connectivity index (χ1) is 8.40. The molecular formula is C9H7ClFN3O2S2. The Morgan fingerprint density at radius 1 is 1.44 bits per heavy atom. The molecule has 2 rings (SSSR count). The van der Waals surface area contributed by atoms with Gasteiger partial charge in [0.1, 0.15) is 17.0 Å². The van der Waals surface area contributed by atoms with Gasteiger partial charge in [-0.2, -0.15) is 4.37 Å². The van der Waals surface area contributed by atoms with Crippen LogP contribution in [0.25, 0.3) is 0 Å². The maximum atomic E-state index is 13.6. The number of nitrogens with zero attached hydrogens (tertiary/aromatic N) is 2. The third-order valence-corrected chi connectivity index (χ3v) is 4.56. The number of aryl methyl sites for hydroxylation is 1. The van der Waals surface area contributed by atoms with E-state index in [9.17, 15) is 12.8 Å². The minimum absolute atomic E-state index is 0.0612. The van der Waals surface area contributed by atoms with E-state index in [-0.39, 0.29) is 10.2 Å². The van der Waals surface area contributed by atoms with Gasteiger partial charge in [-0.1, -0.05) is 11.6 Å². The summed E-state index contributed by atoms with van der Waals surface area (Å²) in [5.74, 6) is -0.867. The van der Waals surface area contributed by atoms with Gasteiger partial charge in [-0.05, 0) is 24.6 Å². The lowest BCUT2D eigenvalue weighted by molar-refractivity contribution is 0.569. The molecule has 0 saturated heterocycles. The van der Waals surface area contributed by atoms with E-state index in [0.717, 1.165) is 23.7 Å². The van der Waals surface area contributed by atoms with Crippen molar-refractivity contribution >= 4 is 38.3 Å². The van der Waals surface area contributed by atoms with Crippen molar-refractivity contribution in [3.8, 4) is 0 Å². The quantitative estimate of drug-likeness (QED) is 0.945. The average molecular weight is 308 g/mol. The molecule has 0 aliphatic rings. The third-order valence-electron chi connectivity index (χ3n) is 2.09. The molecule has 96 valence electrons. The zero-order valence-corrected chi connectivity index (χ0v) is 11.4. The zero-order chi connectivity index (χ0) is 13.3. The summed E-state index contributed by atoms with van der Waals surface area (Å²) >= 11 is 6.64. The number of aromatic nitrogens is 2. The van der Waals surface area contributed by atoms with Gasteiger partial charge in [-0.15, -0.1) is 0 Å². The minimum Gasteiger partial charge on any atom is -0.253 e. The van der Waals surface area contributed by atoms with Gasteiger partial charge in [0.2, 0.25) is 5.13 Å². The fraction of sp³-hybridized carbons (Fsp3) is 0.111. The monoisotopic (exact) mass is 307 g/mol. The van der Waals surface area contributed by atoms with Gasteiger partial charge >= 0.3 is 0 Å². The first-order valence-electron chi connectivity index (χ1n) is 4.65. The summed E-state index contributed by atoms with van der Waals surface area (Å²) in [4.78, 5) is 3.14. The molecule has 1 heterocycles. The lowest BCUT2D eigenvalue weighted by atomic mass is 10.2. The van der Waals surface area contributed by atoms with Crippen molar-refractivity contribution in [1.29, 1.82) is 0 Å². The van der Waals surface area contributed by atoms with Crippen molar-refractivity contribution in [2.24, 2.45) is 0 Å². The maximum Gasteiger partial charge on any atom is 0.266 e. The first-order valence-corrected chi connectivity index (χ1v) is 7.29. The molecule has 0 spiro atoms. The Morgan fingerprint density at radius 2 is 2.17 bits per heavy atom. The Morgan fingerprint density at radius 3 is 2.78 bits per heavy atom. The zero-order valence-electron chi connectivity index (χ0n) is 9.02. The summed E-state index contributed by atoms with van der Waals surface area (Å²) in [6, 6.07) is 2.13. The molecular weight excluding hydrogens is 301 g/mol. The van der Waals surface area contributed by atoms with Crippen LogP contribution in [-0.4, -0.2) is 17.8 Å². The van der Waals surface area contributed by atoms with E-state index in [1.807, 2.05) is 0 Å². The fourth-order valence-electron chi connectivity index (χ4n) is 1.22. The minimum atomic E-state index is -4.05. The van der Waals surface area contributed by atoms with Gasteiger partial charge in [-0.25, -0.2) is 17.8 Å². The summed E-state index contributed by atoms with van der Waals surface area (Å²) in [5, 5.41) is 0.236. The van der Waals surface area contributed by atoms with E-state index in [1.54, 1.807) is 6.92 Å². The smallest absolute Gasteiger partial charge is 0.253 e. The second kappa shape index (κ2) is 4.79. The van der Waals surface area contributed by atoms with Crippen LogP contribution in [0.15, 0.2) is 23.4 Å². The summed E-state index contributed by atoms with van der Waals surface area (Å²) in [5.41, 5.74) is 0.462. The molecule has 0 radical (unpaired) electrons. The summed E-state index contributed by atoms with van der Waals surface area (Å²) < 4.78 is 43.2. The SMILES string of the molecule is Cc1cc(F)c(S(=O)(=O)Nc2ncns2)cc1Cl. The third kappa shape index (κ3) is 2.60. The van der Waals surface area contributed by atoms with Crippen molar-refractivity contribution < 1.29 is 12.8 Å².